The third kappa shape index (κ3) is 3.90. The molecule has 0 saturated carbocycles. The minimum Gasteiger partial charge on any atom is -0.388 e. The number of nitrogen functional groups attached to an aromatic ring is 1. The summed E-state index contributed by atoms with van der Waals surface area (Å²) in [7, 11) is 5.91. The quantitative estimate of drug-likeness (QED) is 0.344. The van der Waals surface area contributed by atoms with Gasteiger partial charge in [0.25, 0.3) is 0 Å². The van der Waals surface area contributed by atoms with Gasteiger partial charge in [0.2, 0.25) is 5.95 Å². The smallest absolute Gasteiger partial charge is 0.221 e. The molecule has 0 radical (unpaired) electrons. The second-order valence-electron chi connectivity index (χ2n) is 7.04. The van der Waals surface area contributed by atoms with Crippen LogP contribution in [-0.4, -0.2) is 36.8 Å². The number of nitrogens with two attached hydrogens (primary N) is 1. The fourth-order valence-corrected chi connectivity index (χ4v) is 4.21. The zero-order chi connectivity index (χ0) is 21.3. The van der Waals surface area contributed by atoms with Gasteiger partial charge in [-0.3, -0.25) is 5.41 Å². The van der Waals surface area contributed by atoms with Crippen molar-refractivity contribution in [1.82, 2.24) is 9.97 Å². The largest absolute Gasteiger partial charge is 0.388 e. The van der Waals surface area contributed by atoms with Gasteiger partial charge in [0.15, 0.2) is 0 Å². The van der Waals surface area contributed by atoms with Crippen LogP contribution in [0.25, 0.3) is 10.1 Å². The van der Waals surface area contributed by atoms with E-state index in [4.69, 9.17) is 11.1 Å². The molecule has 0 saturated heterocycles. The first-order valence-corrected chi connectivity index (χ1v) is 10.2. The average molecular weight is 418 g/mol. The van der Waals surface area contributed by atoms with E-state index in [1.807, 2.05) is 39.3 Å². The molecule has 152 valence electrons. The van der Waals surface area contributed by atoms with Crippen molar-refractivity contribution < 1.29 is 0 Å². The van der Waals surface area contributed by atoms with Gasteiger partial charge in [0, 0.05) is 54.7 Å². The highest BCUT2D eigenvalue weighted by Gasteiger charge is 2.14. The molecule has 0 unspecified atom stereocenters. The van der Waals surface area contributed by atoms with Gasteiger partial charge >= 0.3 is 0 Å². The number of benzene rings is 2. The fourth-order valence-electron chi connectivity index (χ4n) is 3.20. The first kappa shape index (κ1) is 19.7. The summed E-state index contributed by atoms with van der Waals surface area (Å²) < 4.78 is 1.16. The summed E-state index contributed by atoms with van der Waals surface area (Å²) in [4.78, 5) is 11.1. The topological polar surface area (TPSA) is 103 Å². The van der Waals surface area contributed by atoms with E-state index in [1.54, 1.807) is 23.6 Å². The molecule has 8 heteroatoms. The lowest BCUT2D eigenvalue weighted by Gasteiger charge is -2.13. The first-order valence-electron chi connectivity index (χ1n) is 9.42. The highest BCUT2D eigenvalue weighted by atomic mass is 32.1. The molecule has 0 atom stereocenters. The molecular weight excluding hydrogens is 394 g/mol. The second-order valence-corrected chi connectivity index (χ2v) is 8.12. The Morgan fingerprint density at radius 1 is 1.10 bits per heavy atom. The molecule has 0 spiro atoms. The summed E-state index contributed by atoms with van der Waals surface area (Å²) in [6.07, 6.45) is 1.61. The zero-order valence-corrected chi connectivity index (χ0v) is 17.8. The Bertz CT molecular complexity index is 1230. The van der Waals surface area contributed by atoms with Gasteiger partial charge < -0.3 is 21.3 Å². The molecule has 4 aromatic rings. The van der Waals surface area contributed by atoms with E-state index in [2.05, 4.69) is 49.8 Å². The first-order chi connectivity index (χ1) is 14.4. The molecule has 4 rings (SSSR count). The van der Waals surface area contributed by atoms with Crippen molar-refractivity contribution in [1.29, 1.82) is 5.41 Å². The Morgan fingerprint density at radius 3 is 2.67 bits per heavy atom. The molecule has 0 aliphatic heterocycles. The SMILES string of the molecule is CNc1ccc(Nc2ccnc(N)n2)cc1C(=N)c1cc2cc(N(C)C)ccc2s1. The van der Waals surface area contributed by atoms with E-state index in [0.29, 0.717) is 11.5 Å². The predicted octanol–water partition coefficient (Wildman–Crippen LogP) is 4.54. The lowest BCUT2D eigenvalue weighted by Crippen LogP contribution is -2.07. The molecule has 5 N–H and O–H groups in total. The summed E-state index contributed by atoms with van der Waals surface area (Å²) in [6, 6.07) is 16.0. The standard InChI is InChI=1S/C22H23N7S/c1-25-17-6-4-14(27-20-8-9-26-22(24)28-20)12-16(17)21(23)19-11-13-10-15(29(2)3)5-7-18(13)30-19/h4-12,23,25H,1-3H3,(H3,24,26,27,28). The van der Waals surface area contributed by atoms with E-state index in [1.165, 1.54) is 0 Å². The van der Waals surface area contributed by atoms with E-state index in [0.717, 1.165) is 37.6 Å². The van der Waals surface area contributed by atoms with Gasteiger partial charge in [-0.2, -0.15) is 4.98 Å². The number of thiophene rings is 1. The second kappa shape index (κ2) is 8.00. The third-order valence-corrected chi connectivity index (χ3v) is 5.90. The summed E-state index contributed by atoms with van der Waals surface area (Å²) in [6.45, 7) is 0. The van der Waals surface area contributed by atoms with Crippen molar-refractivity contribution in [3.63, 3.8) is 0 Å². The molecule has 0 aliphatic rings. The van der Waals surface area contributed by atoms with E-state index in [-0.39, 0.29) is 5.95 Å². The minimum atomic E-state index is 0.210. The molecule has 0 amide bonds. The number of rotatable bonds is 6. The third-order valence-electron chi connectivity index (χ3n) is 4.77. The van der Waals surface area contributed by atoms with Gasteiger partial charge in [0.1, 0.15) is 5.82 Å². The minimum absolute atomic E-state index is 0.210. The van der Waals surface area contributed by atoms with Crippen LogP contribution in [0, 0.1) is 5.41 Å². The molecule has 30 heavy (non-hydrogen) atoms. The fraction of sp³-hybridized carbons (Fsp3) is 0.136. The summed E-state index contributed by atoms with van der Waals surface area (Å²) in [5.74, 6) is 0.817. The van der Waals surface area contributed by atoms with Crippen LogP contribution in [0.3, 0.4) is 0 Å². The number of hydrogen-bond acceptors (Lipinski definition) is 8. The molecule has 0 aliphatic carbocycles. The zero-order valence-electron chi connectivity index (χ0n) is 17.0. The Morgan fingerprint density at radius 2 is 1.93 bits per heavy atom. The van der Waals surface area contributed by atoms with Crippen molar-refractivity contribution in [2.45, 2.75) is 0 Å². The van der Waals surface area contributed by atoms with Gasteiger partial charge in [0.05, 0.1) is 10.6 Å². The summed E-state index contributed by atoms with van der Waals surface area (Å²) >= 11 is 1.62. The van der Waals surface area contributed by atoms with Crippen molar-refractivity contribution in [2.24, 2.45) is 0 Å². The summed E-state index contributed by atoms with van der Waals surface area (Å²) in [5.41, 5.74) is 9.80. The van der Waals surface area contributed by atoms with Crippen LogP contribution in [0.5, 0.6) is 0 Å². The molecule has 2 aromatic heterocycles. The number of nitrogens with one attached hydrogen (secondary N) is 3. The maximum atomic E-state index is 8.88. The molecule has 2 heterocycles. The Balaban J connectivity index is 1.69. The maximum Gasteiger partial charge on any atom is 0.221 e. The van der Waals surface area contributed by atoms with E-state index >= 15 is 0 Å². The monoisotopic (exact) mass is 417 g/mol. The lowest BCUT2D eigenvalue weighted by molar-refractivity contribution is 1.14. The maximum absolute atomic E-state index is 8.88. The van der Waals surface area contributed by atoms with Crippen LogP contribution >= 0.6 is 11.3 Å². The number of anilines is 5. The van der Waals surface area contributed by atoms with Crippen LogP contribution < -0.4 is 21.3 Å². The van der Waals surface area contributed by atoms with Crippen molar-refractivity contribution in [3.8, 4) is 0 Å². The highest BCUT2D eigenvalue weighted by Crippen LogP contribution is 2.32. The normalized spacial score (nSPS) is 10.8. The van der Waals surface area contributed by atoms with Crippen molar-refractivity contribution in [3.05, 3.63) is 65.2 Å². The molecule has 0 bridgehead atoms. The highest BCUT2D eigenvalue weighted by molar-refractivity contribution is 7.21. The number of aromatic nitrogens is 2. The Labute approximate surface area is 179 Å². The van der Waals surface area contributed by atoms with Crippen LogP contribution in [-0.2, 0) is 0 Å². The number of nitrogens with zero attached hydrogens (tertiary/aromatic N) is 3. The van der Waals surface area contributed by atoms with Crippen molar-refractivity contribution in [2.75, 3.05) is 42.4 Å². The number of hydrogen-bond donors (Lipinski definition) is 4. The molecule has 7 nitrogen and oxygen atoms in total. The molecule has 2 aromatic carbocycles. The predicted molar refractivity (Wildman–Crippen MR) is 128 cm³/mol. The van der Waals surface area contributed by atoms with Crippen LogP contribution in [0.4, 0.5) is 28.8 Å². The van der Waals surface area contributed by atoms with Gasteiger partial charge in [-0.1, -0.05) is 0 Å². The molecular formula is C22H23N7S. The van der Waals surface area contributed by atoms with E-state index in [9.17, 15) is 0 Å². The van der Waals surface area contributed by atoms with Crippen LogP contribution in [0.15, 0.2) is 54.7 Å². The van der Waals surface area contributed by atoms with Crippen LogP contribution in [0.1, 0.15) is 10.4 Å². The number of fused-ring (bicyclic) bond motifs is 1. The average Bonchev–Trinajstić information content (AvgIpc) is 3.16. The lowest BCUT2D eigenvalue weighted by atomic mass is 10.0. The molecule has 0 fully saturated rings. The van der Waals surface area contributed by atoms with Gasteiger partial charge in [-0.05, 0) is 53.9 Å². The summed E-state index contributed by atoms with van der Waals surface area (Å²) in [5, 5.41) is 16.4. The van der Waals surface area contributed by atoms with Crippen molar-refractivity contribution >= 4 is 56.0 Å². The van der Waals surface area contributed by atoms with Crippen LogP contribution in [0.2, 0.25) is 0 Å². The van der Waals surface area contributed by atoms with Gasteiger partial charge in [-0.15, -0.1) is 11.3 Å². The Kier molecular flexibility index (Phi) is 5.24. The van der Waals surface area contributed by atoms with Gasteiger partial charge in [-0.25, -0.2) is 4.98 Å². The Hall–Kier alpha value is -3.65. The van der Waals surface area contributed by atoms with E-state index < -0.39 is 0 Å².